The van der Waals surface area contributed by atoms with E-state index < -0.39 is 0 Å². The fourth-order valence-corrected chi connectivity index (χ4v) is 3.48. The molecule has 3 N–H and O–H groups in total. The van der Waals surface area contributed by atoms with Crippen LogP contribution in [0.5, 0.6) is 0 Å². The lowest BCUT2D eigenvalue weighted by molar-refractivity contribution is -0.116. The number of rotatable bonds is 4. The molecule has 0 bridgehead atoms. The molecule has 0 saturated carbocycles. The molecule has 0 aliphatic carbocycles. The second-order valence-electron chi connectivity index (χ2n) is 7.48. The zero-order valence-corrected chi connectivity index (χ0v) is 15.8. The number of fused-ring (bicyclic) bond motifs is 1. The van der Waals surface area contributed by atoms with Gasteiger partial charge < -0.3 is 16.0 Å². The van der Waals surface area contributed by atoms with Crippen molar-refractivity contribution in [3.8, 4) is 0 Å². The SMILES string of the molecule is CC1(C)CN(CCC(=O)Nc2cccc3ccccc23)CCC1N.Cl. The number of hydrogen-bond acceptors (Lipinski definition) is 3. The van der Waals surface area contributed by atoms with E-state index in [-0.39, 0.29) is 29.8 Å². The minimum Gasteiger partial charge on any atom is -0.327 e. The summed E-state index contributed by atoms with van der Waals surface area (Å²) in [6, 6.07) is 14.4. The van der Waals surface area contributed by atoms with Crippen molar-refractivity contribution in [2.75, 3.05) is 25.0 Å². The van der Waals surface area contributed by atoms with Crippen molar-refractivity contribution in [2.24, 2.45) is 11.1 Å². The summed E-state index contributed by atoms with van der Waals surface area (Å²) in [5.41, 5.74) is 7.18. The quantitative estimate of drug-likeness (QED) is 0.873. The molecule has 1 aliphatic heterocycles. The number of likely N-dealkylation sites (tertiary alicyclic amines) is 1. The maximum absolute atomic E-state index is 12.4. The van der Waals surface area contributed by atoms with Crippen molar-refractivity contribution in [3.05, 3.63) is 42.5 Å². The summed E-state index contributed by atoms with van der Waals surface area (Å²) in [6.45, 7) is 7.13. The van der Waals surface area contributed by atoms with E-state index in [1.54, 1.807) is 0 Å². The molecule has 0 radical (unpaired) electrons. The van der Waals surface area contributed by atoms with Gasteiger partial charge in [-0.3, -0.25) is 4.79 Å². The molecule has 4 nitrogen and oxygen atoms in total. The highest BCUT2D eigenvalue weighted by Crippen LogP contribution is 2.28. The highest BCUT2D eigenvalue weighted by molar-refractivity contribution is 6.02. The molecule has 0 aromatic heterocycles. The van der Waals surface area contributed by atoms with Gasteiger partial charge in [0.05, 0.1) is 0 Å². The first kappa shape index (κ1) is 19.7. The first-order chi connectivity index (χ1) is 11.5. The summed E-state index contributed by atoms with van der Waals surface area (Å²) in [5.74, 6) is 0.0685. The van der Waals surface area contributed by atoms with Crippen LogP contribution in [-0.4, -0.2) is 36.5 Å². The minimum absolute atomic E-state index is 0. The Balaban J connectivity index is 0.00000225. The second-order valence-corrected chi connectivity index (χ2v) is 7.48. The average molecular weight is 362 g/mol. The van der Waals surface area contributed by atoms with Crippen molar-refractivity contribution >= 4 is 34.8 Å². The first-order valence-electron chi connectivity index (χ1n) is 8.71. The van der Waals surface area contributed by atoms with Gasteiger partial charge in [0.2, 0.25) is 5.91 Å². The van der Waals surface area contributed by atoms with Crippen LogP contribution in [0.15, 0.2) is 42.5 Å². The lowest BCUT2D eigenvalue weighted by Gasteiger charge is -2.42. The van der Waals surface area contributed by atoms with Crippen LogP contribution in [0.1, 0.15) is 26.7 Å². The van der Waals surface area contributed by atoms with Crippen LogP contribution < -0.4 is 11.1 Å². The lowest BCUT2D eigenvalue weighted by atomic mass is 9.79. The number of carbonyl (C=O) groups is 1. The number of piperidine rings is 1. The Labute approximate surface area is 156 Å². The van der Waals surface area contributed by atoms with Crippen LogP contribution in [0, 0.1) is 5.41 Å². The standard InChI is InChI=1S/C20H27N3O.ClH/c1-20(2)14-23(12-10-18(20)21)13-11-19(24)22-17-9-5-7-15-6-3-4-8-16(15)17;/h3-9,18H,10-14,21H2,1-2H3,(H,22,24);1H. The molecule has 3 rings (SSSR count). The van der Waals surface area contributed by atoms with Crippen LogP contribution in [0.3, 0.4) is 0 Å². The van der Waals surface area contributed by atoms with Gasteiger partial charge in [-0.1, -0.05) is 50.2 Å². The Bertz CT molecular complexity index is 726. The van der Waals surface area contributed by atoms with Crippen molar-refractivity contribution in [3.63, 3.8) is 0 Å². The van der Waals surface area contributed by atoms with E-state index in [0.29, 0.717) is 6.42 Å². The van der Waals surface area contributed by atoms with Gasteiger partial charge in [-0.25, -0.2) is 0 Å². The number of carbonyl (C=O) groups excluding carboxylic acids is 1. The Morgan fingerprint density at radius 1 is 1.24 bits per heavy atom. The van der Waals surface area contributed by atoms with E-state index in [4.69, 9.17) is 5.73 Å². The molecule has 1 unspecified atom stereocenters. The van der Waals surface area contributed by atoms with E-state index >= 15 is 0 Å². The number of benzene rings is 2. The Morgan fingerprint density at radius 3 is 2.72 bits per heavy atom. The zero-order chi connectivity index (χ0) is 17.2. The fourth-order valence-electron chi connectivity index (χ4n) is 3.48. The molecule has 1 heterocycles. The van der Waals surface area contributed by atoms with Crippen molar-refractivity contribution < 1.29 is 4.79 Å². The van der Waals surface area contributed by atoms with Crippen LogP contribution in [0.25, 0.3) is 10.8 Å². The molecule has 1 amide bonds. The second kappa shape index (κ2) is 8.17. The number of hydrogen-bond donors (Lipinski definition) is 2. The maximum atomic E-state index is 12.4. The monoisotopic (exact) mass is 361 g/mol. The first-order valence-corrected chi connectivity index (χ1v) is 8.71. The highest BCUT2D eigenvalue weighted by Gasteiger charge is 2.33. The van der Waals surface area contributed by atoms with Crippen LogP contribution in [0.2, 0.25) is 0 Å². The molecular weight excluding hydrogens is 334 g/mol. The van der Waals surface area contributed by atoms with Gasteiger partial charge in [0, 0.05) is 36.6 Å². The fraction of sp³-hybridized carbons (Fsp3) is 0.450. The van der Waals surface area contributed by atoms with Crippen LogP contribution >= 0.6 is 12.4 Å². The normalized spacial score (nSPS) is 20.0. The molecule has 2 aromatic rings. The zero-order valence-electron chi connectivity index (χ0n) is 15.0. The molecular formula is C20H28ClN3O. The van der Waals surface area contributed by atoms with Gasteiger partial charge in [0.15, 0.2) is 0 Å². The van der Waals surface area contributed by atoms with Gasteiger partial charge in [0.25, 0.3) is 0 Å². The van der Waals surface area contributed by atoms with E-state index in [1.807, 2.05) is 30.3 Å². The van der Waals surface area contributed by atoms with Gasteiger partial charge in [-0.2, -0.15) is 0 Å². The third-order valence-corrected chi connectivity index (χ3v) is 5.11. The Morgan fingerprint density at radius 2 is 1.96 bits per heavy atom. The summed E-state index contributed by atoms with van der Waals surface area (Å²) in [6.07, 6.45) is 1.51. The highest BCUT2D eigenvalue weighted by atomic mass is 35.5. The summed E-state index contributed by atoms with van der Waals surface area (Å²) in [7, 11) is 0. The third kappa shape index (κ3) is 4.72. The maximum Gasteiger partial charge on any atom is 0.225 e. The Kier molecular flexibility index (Phi) is 6.44. The molecule has 2 aromatic carbocycles. The molecule has 5 heteroatoms. The number of amides is 1. The van der Waals surface area contributed by atoms with Gasteiger partial charge >= 0.3 is 0 Å². The van der Waals surface area contributed by atoms with Crippen molar-refractivity contribution in [1.82, 2.24) is 4.90 Å². The number of nitrogens with one attached hydrogen (secondary N) is 1. The summed E-state index contributed by atoms with van der Waals surface area (Å²) in [4.78, 5) is 14.7. The lowest BCUT2D eigenvalue weighted by Crippen LogP contribution is -2.52. The van der Waals surface area contributed by atoms with E-state index in [0.717, 1.165) is 42.5 Å². The number of anilines is 1. The van der Waals surface area contributed by atoms with E-state index in [2.05, 4.69) is 36.2 Å². The predicted molar refractivity (Wildman–Crippen MR) is 107 cm³/mol. The molecule has 1 fully saturated rings. The average Bonchev–Trinajstić information content (AvgIpc) is 2.56. The topological polar surface area (TPSA) is 58.4 Å². The Hall–Kier alpha value is -1.62. The van der Waals surface area contributed by atoms with Crippen molar-refractivity contribution in [1.29, 1.82) is 0 Å². The largest absolute Gasteiger partial charge is 0.327 e. The van der Waals surface area contributed by atoms with E-state index in [9.17, 15) is 4.79 Å². The van der Waals surface area contributed by atoms with Gasteiger partial charge in [-0.15, -0.1) is 12.4 Å². The predicted octanol–water partition coefficient (Wildman–Crippen LogP) is 3.65. The minimum atomic E-state index is 0. The van der Waals surface area contributed by atoms with Gasteiger partial charge in [-0.05, 0) is 29.8 Å². The summed E-state index contributed by atoms with van der Waals surface area (Å²) < 4.78 is 0. The molecule has 25 heavy (non-hydrogen) atoms. The van der Waals surface area contributed by atoms with Gasteiger partial charge in [0.1, 0.15) is 0 Å². The smallest absolute Gasteiger partial charge is 0.225 e. The number of nitrogens with zero attached hydrogens (tertiary/aromatic N) is 1. The van der Waals surface area contributed by atoms with Crippen LogP contribution in [0.4, 0.5) is 5.69 Å². The van der Waals surface area contributed by atoms with Crippen molar-refractivity contribution in [2.45, 2.75) is 32.7 Å². The molecule has 0 spiro atoms. The third-order valence-electron chi connectivity index (χ3n) is 5.11. The molecule has 1 aliphatic rings. The number of halogens is 1. The molecule has 1 saturated heterocycles. The molecule has 1 atom stereocenters. The summed E-state index contributed by atoms with van der Waals surface area (Å²) in [5, 5.41) is 5.29. The summed E-state index contributed by atoms with van der Waals surface area (Å²) >= 11 is 0. The van der Waals surface area contributed by atoms with Crippen LogP contribution in [-0.2, 0) is 4.79 Å². The molecule has 136 valence electrons. The number of nitrogens with two attached hydrogens (primary N) is 1. The van der Waals surface area contributed by atoms with E-state index in [1.165, 1.54) is 0 Å².